The third-order valence-corrected chi connectivity index (χ3v) is 14.0. The van der Waals surface area contributed by atoms with Crippen molar-refractivity contribution in [2.24, 2.45) is 0 Å². The Labute approximate surface area is 452 Å². The second-order valence-corrected chi connectivity index (χ2v) is 19.7. The standard InChI is InChI=1S/C28H34N6O.C18H19N5O.C10H15NO.C4H3BN/c1-17-9-11-21(6-5-13-35)24(14-17)30-16-20-10-12-22-26(15-20)34(28(29)33-22)25-8-4-7-23-27(25)32-19(3)18(2)31-23;1-10-11(2)21-17-14(20-10)4-3-5-15(17)23-16-8-12(9-24)6-7-13(16)22-18(23)19;1-8-4-5-9(3-2-6-12)10(11)7-8;1-5-3-2-4-6/h9-12,14-15,25,30,35H,4-8,13,16H2,1-3H3,(H2,29,33);6-9,15H,3-5H2,1-2H3,(H2,19,22);4-5,7,12H,2-3,6,11H2,1H3;1H3. The molecule has 10 rings (SSSR count). The molecule has 397 valence electrons. The molecule has 0 bridgehead atoms. The molecule has 4 aromatic carbocycles. The highest BCUT2D eigenvalue weighted by Crippen LogP contribution is 2.38. The van der Waals surface area contributed by atoms with Gasteiger partial charge in [-0.15, -0.1) is 5.82 Å². The lowest BCUT2D eigenvalue weighted by atomic mass is 9.84. The maximum absolute atomic E-state index is 11.1. The van der Waals surface area contributed by atoms with Gasteiger partial charge in [-0.05, 0) is 176 Å². The smallest absolute Gasteiger partial charge is 0.214 e. The molecular weight excluding hydrogens is 962 g/mol. The van der Waals surface area contributed by atoms with Gasteiger partial charge >= 0.3 is 0 Å². The number of hydrogen-bond acceptors (Lipinski definition) is 14. The summed E-state index contributed by atoms with van der Waals surface area (Å²) in [5.41, 5.74) is 38.6. The van der Waals surface area contributed by atoms with E-state index < -0.39 is 0 Å². The summed E-state index contributed by atoms with van der Waals surface area (Å²) in [6, 6.07) is 26.0. The van der Waals surface area contributed by atoms with Crippen molar-refractivity contribution in [3.05, 3.63) is 152 Å². The highest BCUT2D eigenvalue weighted by molar-refractivity contribution is 6.44. The number of aryl methyl sites for hydroxylation is 10. The number of rotatable bonds is 12. The third-order valence-electron chi connectivity index (χ3n) is 14.0. The number of aliphatic hydroxyl groups is 2. The highest BCUT2D eigenvalue weighted by atomic mass is 16.3. The number of carbonyl (C=O) groups excluding carboxylic acids is 1. The van der Waals surface area contributed by atoms with Crippen molar-refractivity contribution in [3.63, 3.8) is 0 Å². The first-order chi connectivity index (χ1) is 37.2. The first kappa shape index (κ1) is 56.6. The van der Waals surface area contributed by atoms with E-state index in [1.807, 2.05) is 69.5 Å². The molecule has 0 fully saturated rings. The summed E-state index contributed by atoms with van der Waals surface area (Å²) in [4.78, 5) is 39.6. The molecule has 1 radical (unpaired) electrons. The van der Waals surface area contributed by atoms with Crippen LogP contribution in [0.1, 0.15) is 134 Å². The summed E-state index contributed by atoms with van der Waals surface area (Å²) < 4.78 is 4.16. The molecule has 4 aromatic heterocycles. The van der Waals surface area contributed by atoms with Crippen LogP contribution < -0.4 is 22.5 Å². The topological polar surface area (TPSA) is 259 Å². The van der Waals surface area contributed by atoms with Gasteiger partial charge in [0.1, 0.15) is 6.29 Å². The van der Waals surface area contributed by atoms with E-state index in [9.17, 15) is 9.90 Å². The molecule has 2 unspecified atom stereocenters. The van der Waals surface area contributed by atoms with E-state index in [2.05, 4.69) is 74.9 Å². The lowest BCUT2D eigenvalue weighted by Gasteiger charge is -2.27. The molecule has 0 saturated heterocycles. The summed E-state index contributed by atoms with van der Waals surface area (Å²) in [5, 5.41) is 29.3. The van der Waals surface area contributed by atoms with Crippen LogP contribution in [0.5, 0.6) is 0 Å². The summed E-state index contributed by atoms with van der Waals surface area (Å²) in [6.45, 7) is 15.0. The minimum atomic E-state index is 0.00690. The molecular formula is C60H71BN13O3. The van der Waals surface area contributed by atoms with E-state index in [-0.39, 0.29) is 25.3 Å². The second-order valence-electron chi connectivity index (χ2n) is 19.7. The van der Waals surface area contributed by atoms with Crippen LogP contribution in [0.2, 0.25) is 6.82 Å². The fraction of sp³-hybridized carbons (Fsp3) is 0.367. The Morgan fingerprint density at radius 3 is 1.71 bits per heavy atom. The van der Waals surface area contributed by atoms with Crippen molar-refractivity contribution < 1.29 is 15.0 Å². The number of nitrogen functional groups attached to an aromatic ring is 3. The van der Waals surface area contributed by atoms with Gasteiger partial charge in [0.15, 0.2) is 6.07 Å². The normalized spacial score (nSPS) is 14.2. The predicted molar refractivity (Wildman–Crippen MR) is 309 cm³/mol. The number of fused-ring (bicyclic) bond motifs is 4. The van der Waals surface area contributed by atoms with E-state index in [4.69, 9.17) is 47.5 Å². The zero-order chi connectivity index (χ0) is 55.2. The van der Waals surface area contributed by atoms with Crippen molar-refractivity contribution in [3.8, 4) is 17.8 Å². The average Bonchev–Trinajstić information content (AvgIpc) is 4.06. The molecule has 17 heteroatoms. The van der Waals surface area contributed by atoms with Gasteiger partial charge in [-0.3, -0.25) is 24.7 Å². The molecule has 0 saturated carbocycles. The van der Waals surface area contributed by atoms with Crippen LogP contribution in [0.15, 0.2) is 72.8 Å². The van der Waals surface area contributed by atoms with Gasteiger partial charge in [-0.25, -0.2) is 9.97 Å². The predicted octanol–water partition coefficient (Wildman–Crippen LogP) is 9.29. The maximum atomic E-state index is 11.1. The van der Waals surface area contributed by atoms with E-state index in [1.165, 1.54) is 16.7 Å². The molecule has 0 aliphatic heterocycles. The molecule has 2 aliphatic rings. The largest absolute Gasteiger partial charge is 0.398 e. The lowest BCUT2D eigenvalue weighted by molar-refractivity contribution is 0.112. The van der Waals surface area contributed by atoms with Crippen LogP contribution in [-0.4, -0.2) is 76.0 Å². The Kier molecular flexibility index (Phi) is 19.5. The Hall–Kier alpha value is -8.12. The van der Waals surface area contributed by atoms with Crippen LogP contribution in [-0.2, 0) is 32.2 Å². The third kappa shape index (κ3) is 13.8. The molecule has 0 spiro atoms. The van der Waals surface area contributed by atoms with Gasteiger partial charge in [0, 0.05) is 42.6 Å². The number of nitriles is 1. The van der Waals surface area contributed by atoms with Gasteiger partial charge in [-0.1, -0.05) is 37.2 Å². The van der Waals surface area contributed by atoms with Crippen molar-refractivity contribution >= 4 is 58.9 Å². The summed E-state index contributed by atoms with van der Waals surface area (Å²) in [7, 11) is 1.63. The van der Waals surface area contributed by atoms with E-state index >= 15 is 0 Å². The monoisotopic (exact) mass is 1030 g/mol. The average molecular weight is 1030 g/mol. The minimum absolute atomic E-state index is 0.00690. The number of aromatic nitrogens is 8. The van der Waals surface area contributed by atoms with Crippen LogP contribution in [0.25, 0.3) is 22.1 Å². The molecule has 2 atom stereocenters. The number of aliphatic hydroxyl groups excluding tert-OH is 2. The Morgan fingerprint density at radius 1 is 0.675 bits per heavy atom. The number of benzene rings is 4. The molecule has 16 nitrogen and oxygen atoms in total. The van der Waals surface area contributed by atoms with Crippen molar-refractivity contribution in [2.75, 3.05) is 35.7 Å². The van der Waals surface area contributed by atoms with E-state index in [0.29, 0.717) is 24.0 Å². The van der Waals surface area contributed by atoms with Gasteiger partial charge in [0.2, 0.25) is 19.2 Å². The number of aldehydes is 1. The number of hydrogen-bond donors (Lipinski definition) is 6. The molecule has 2 aliphatic carbocycles. The number of carbonyl (C=O) groups is 1. The first-order valence-electron chi connectivity index (χ1n) is 26.4. The number of nitrogens with one attached hydrogen (secondary N) is 1. The van der Waals surface area contributed by atoms with Crippen LogP contribution >= 0.6 is 0 Å². The second kappa shape index (κ2) is 26.6. The maximum Gasteiger partial charge on any atom is 0.214 e. The lowest BCUT2D eigenvalue weighted by Crippen LogP contribution is -2.22. The molecule has 8 aromatic rings. The fourth-order valence-corrected chi connectivity index (χ4v) is 9.92. The first-order valence-corrected chi connectivity index (χ1v) is 26.4. The number of anilines is 4. The summed E-state index contributed by atoms with van der Waals surface area (Å²) in [6.07, 6.45) is 9.98. The Bertz CT molecular complexity index is 3480. The van der Waals surface area contributed by atoms with Crippen molar-refractivity contribution in [1.29, 1.82) is 5.26 Å². The van der Waals surface area contributed by atoms with Crippen molar-refractivity contribution in [2.45, 2.75) is 131 Å². The van der Waals surface area contributed by atoms with Crippen LogP contribution in [0.3, 0.4) is 0 Å². The Balaban J connectivity index is 0.000000176. The SMILES string of the molecule is C[B]C#CC#N.Cc1ccc(CCCO)c(N)c1.Cc1ccc(CCCO)c(NCc2ccc3nc(N)n(C4CCCc5nc(C)c(C)nc54)c3c2)c1.Cc1nc2c(nc1C)C(n1c(N)nc3ccc(C=O)cc31)CCC2. The van der Waals surface area contributed by atoms with Gasteiger partial charge in [0.25, 0.3) is 0 Å². The molecule has 0 amide bonds. The van der Waals surface area contributed by atoms with Gasteiger partial charge in [-0.2, -0.15) is 5.26 Å². The quantitative estimate of drug-likeness (QED) is 0.0289. The minimum Gasteiger partial charge on any atom is -0.398 e. The van der Waals surface area contributed by atoms with Gasteiger partial charge < -0.3 is 41.9 Å². The highest BCUT2D eigenvalue weighted by Gasteiger charge is 2.30. The molecule has 4 heterocycles. The van der Waals surface area contributed by atoms with Crippen LogP contribution in [0.4, 0.5) is 23.3 Å². The fourth-order valence-electron chi connectivity index (χ4n) is 9.92. The van der Waals surface area contributed by atoms with E-state index in [1.54, 1.807) is 26.2 Å². The van der Waals surface area contributed by atoms with E-state index in [0.717, 1.165) is 161 Å². The zero-order valence-electron chi connectivity index (χ0n) is 45.5. The van der Waals surface area contributed by atoms with Gasteiger partial charge in [0.05, 0.1) is 79.7 Å². The number of imidazole rings is 2. The van der Waals surface area contributed by atoms with Crippen LogP contribution in [0, 0.1) is 64.6 Å². The zero-order valence-corrected chi connectivity index (χ0v) is 45.5. The summed E-state index contributed by atoms with van der Waals surface area (Å²) >= 11 is 0. The Morgan fingerprint density at radius 2 is 1.19 bits per heavy atom. The number of nitrogens with zero attached hydrogens (tertiary/aromatic N) is 9. The summed E-state index contributed by atoms with van der Waals surface area (Å²) in [5.74, 6) is 5.63. The molecule has 77 heavy (non-hydrogen) atoms. The molecule has 9 N–H and O–H groups in total. The van der Waals surface area contributed by atoms with Crippen molar-refractivity contribution in [1.82, 2.24) is 39.0 Å². The number of nitrogens with two attached hydrogens (primary N) is 3.